The lowest BCUT2D eigenvalue weighted by Gasteiger charge is -2.35. The van der Waals surface area contributed by atoms with Crippen molar-refractivity contribution in [2.75, 3.05) is 13.1 Å². The molecule has 0 aromatic carbocycles. The molecule has 2 aliphatic rings. The van der Waals surface area contributed by atoms with Crippen molar-refractivity contribution >= 4 is 39.5 Å². The first-order valence-corrected chi connectivity index (χ1v) is 9.63. The summed E-state index contributed by atoms with van der Waals surface area (Å²) < 4.78 is 7.15. The van der Waals surface area contributed by atoms with Crippen LogP contribution in [-0.2, 0) is 10.4 Å². The third-order valence-corrected chi connectivity index (χ3v) is 5.33. The van der Waals surface area contributed by atoms with Crippen LogP contribution in [0, 0.1) is 0 Å². The van der Waals surface area contributed by atoms with Gasteiger partial charge in [0.2, 0.25) is 0 Å². The molecule has 2 aliphatic heterocycles. The molecule has 9 heteroatoms. The molecule has 0 aliphatic carbocycles. The molecule has 3 heterocycles. The monoisotopic (exact) mass is 445 g/mol. The van der Waals surface area contributed by atoms with Crippen LogP contribution in [0.1, 0.15) is 50.5 Å². The Balaban J connectivity index is 2.05. The predicted octanol–water partition coefficient (Wildman–Crippen LogP) is 3.08. The summed E-state index contributed by atoms with van der Waals surface area (Å²) in [6, 6.07) is 1.43. The maximum atomic E-state index is 12.8. The van der Waals surface area contributed by atoms with Crippen LogP contribution in [0.3, 0.4) is 0 Å². The smallest absolute Gasteiger partial charge is 0.410 e. The number of halogens is 2. The first kappa shape index (κ1) is 19.2. The van der Waals surface area contributed by atoms with Crippen LogP contribution < -0.4 is 10.9 Å². The van der Waals surface area contributed by atoms with Gasteiger partial charge in [0.05, 0.1) is 16.0 Å². The first-order chi connectivity index (χ1) is 12.0. The third kappa shape index (κ3) is 3.36. The number of likely N-dealkylation sites (tertiary alicyclic amines) is 1. The van der Waals surface area contributed by atoms with Gasteiger partial charge in [-0.1, -0.05) is 11.6 Å². The van der Waals surface area contributed by atoms with E-state index in [1.165, 1.54) is 10.6 Å². The molecule has 0 radical (unpaired) electrons. The molecule has 26 heavy (non-hydrogen) atoms. The van der Waals surface area contributed by atoms with Crippen molar-refractivity contribution in [3.8, 4) is 0 Å². The highest BCUT2D eigenvalue weighted by atomic mass is 79.9. The molecule has 1 aromatic rings. The van der Waals surface area contributed by atoms with Gasteiger partial charge in [0.15, 0.2) is 0 Å². The van der Waals surface area contributed by atoms with Gasteiger partial charge in [0, 0.05) is 6.54 Å². The number of fused-ring (bicyclic) bond motifs is 2. The van der Waals surface area contributed by atoms with Crippen molar-refractivity contribution in [2.45, 2.75) is 51.3 Å². The molecular weight excluding hydrogens is 426 g/mol. The van der Waals surface area contributed by atoms with Gasteiger partial charge in [0.25, 0.3) is 11.5 Å². The van der Waals surface area contributed by atoms with Gasteiger partial charge >= 0.3 is 6.09 Å². The SMILES string of the molecule is CC(C)(C)OC(=O)N1CCCCC2(C1)NC(=O)c1c(Cl)cc(Br)c(=O)n12. The number of pyridine rings is 1. The van der Waals surface area contributed by atoms with E-state index in [4.69, 9.17) is 16.3 Å². The summed E-state index contributed by atoms with van der Waals surface area (Å²) in [6.07, 6.45) is 1.56. The Morgan fingerprint density at radius 1 is 1.35 bits per heavy atom. The van der Waals surface area contributed by atoms with Crippen molar-refractivity contribution < 1.29 is 14.3 Å². The fraction of sp³-hybridized carbons (Fsp3) is 0.588. The molecule has 2 amide bonds. The Bertz CT molecular complexity index is 833. The number of hydrogen-bond donors (Lipinski definition) is 1. The number of rotatable bonds is 0. The second-order valence-electron chi connectivity index (χ2n) is 7.67. The summed E-state index contributed by atoms with van der Waals surface area (Å²) in [5.74, 6) is -0.411. The number of amides is 2. The highest BCUT2D eigenvalue weighted by Crippen LogP contribution is 2.34. The second-order valence-corrected chi connectivity index (χ2v) is 8.94. The Morgan fingerprint density at radius 2 is 2.04 bits per heavy atom. The number of nitrogens with zero attached hydrogens (tertiary/aromatic N) is 2. The number of hydrogen-bond acceptors (Lipinski definition) is 4. The molecule has 0 saturated carbocycles. The molecule has 1 fully saturated rings. The summed E-state index contributed by atoms with van der Waals surface area (Å²) in [5, 5.41) is 3.09. The minimum atomic E-state index is -1.02. The fourth-order valence-electron chi connectivity index (χ4n) is 3.46. The average Bonchev–Trinajstić information content (AvgIpc) is 2.65. The molecule has 1 spiro atoms. The third-order valence-electron chi connectivity index (χ3n) is 4.47. The minimum Gasteiger partial charge on any atom is -0.444 e. The molecule has 1 saturated heterocycles. The minimum absolute atomic E-state index is 0.130. The van der Waals surface area contributed by atoms with Gasteiger partial charge in [0.1, 0.15) is 17.0 Å². The van der Waals surface area contributed by atoms with Crippen molar-refractivity contribution in [1.82, 2.24) is 14.8 Å². The average molecular weight is 447 g/mol. The standard InChI is InChI=1S/C17H21BrClN3O4/c1-16(2,3)26-15(25)21-7-5-4-6-17(9-21)20-13(23)12-11(19)8-10(18)14(24)22(12)17/h8H,4-7,9H2,1-3H3,(H,20,23). The van der Waals surface area contributed by atoms with Crippen molar-refractivity contribution in [3.05, 3.63) is 31.6 Å². The Hall–Kier alpha value is -1.54. The van der Waals surface area contributed by atoms with Crippen molar-refractivity contribution in [3.63, 3.8) is 0 Å². The van der Waals surface area contributed by atoms with Crippen LogP contribution in [0.4, 0.5) is 4.79 Å². The Kier molecular flexibility index (Phi) is 4.85. The van der Waals surface area contributed by atoms with Crippen LogP contribution in [-0.4, -0.2) is 40.2 Å². The van der Waals surface area contributed by atoms with E-state index in [1.807, 2.05) is 0 Å². The number of nitrogens with one attached hydrogen (secondary N) is 1. The number of ether oxygens (including phenoxy) is 1. The van der Waals surface area contributed by atoms with Crippen LogP contribution >= 0.6 is 27.5 Å². The predicted molar refractivity (Wildman–Crippen MR) is 101 cm³/mol. The van der Waals surface area contributed by atoms with Crippen LogP contribution in [0.5, 0.6) is 0 Å². The summed E-state index contributed by atoms with van der Waals surface area (Å²) in [6.45, 7) is 6.04. The molecule has 3 rings (SSSR count). The van der Waals surface area contributed by atoms with E-state index >= 15 is 0 Å². The summed E-state index contributed by atoms with van der Waals surface area (Å²) >= 11 is 9.43. The maximum Gasteiger partial charge on any atom is 0.410 e. The maximum absolute atomic E-state index is 12.8. The number of carbonyl (C=O) groups excluding carboxylic acids is 2. The topological polar surface area (TPSA) is 80.6 Å². The molecule has 7 nitrogen and oxygen atoms in total. The molecule has 1 unspecified atom stereocenters. The van der Waals surface area contributed by atoms with Crippen LogP contribution in [0.15, 0.2) is 15.3 Å². The van der Waals surface area contributed by atoms with Gasteiger partial charge < -0.3 is 15.0 Å². The van der Waals surface area contributed by atoms with E-state index in [0.29, 0.717) is 13.0 Å². The summed E-state index contributed by atoms with van der Waals surface area (Å²) in [5.41, 5.74) is -1.87. The zero-order valence-corrected chi connectivity index (χ0v) is 17.2. The van der Waals surface area contributed by atoms with Gasteiger partial charge in [-0.2, -0.15) is 0 Å². The first-order valence-electron chi connectivity index (χ1n) is 8.46. The lowest BCUT2D eigenvalue weighted by atomic mass is 10.0. The lowest BCUT2D eigenvalue weighted by Crippen LogP contribution is -2.55. The van der Waals surface area contributed by atoms with Crippen molar-refractivity contribution in [2.24, 2.45) is 0 Å². The van der Waals surface area contributed by atoms with Gasteiger partial charge in [-0.3, -0.25) is 14.2 Å². The largest absolute Gasteiger partial charge is 0.444 e. The lowest BCUT2D eigenvalue weighted by molar-refractivity contribution is 0.0170. The van der Waals surface area contributed by atoms with Gasteiger partial charge in [-0.25, -0.2) is 4.79 Å². The van der Waals surface area contributed by atoms with Crippen LogP contribution in [0.2, 0.25) is 5.02 Å². The van der Waals surface area contributed by atoms with E-state index in [1.54, 1.807) is 25.7 Å². The van der Waals surface area contributed by atoms with Gasteiger partial charge in [-0.05, 0) is 62.0 Å². The molecule has 1 atom stereocenters. The van der Waals surface area contributed by atoms with E-state index in [9.17, 15) is 14.4 Å². The van der Waals surface area contributed by atoms with Gasteiger partial charge in [-0.15, -0.1) is 0 Å². The van der Waals surface area contributed by atoms with E-state index in [2.05, 4.69) is 21.2 Å². The zero-order chi connectivity index (χ0) is 19.3. The number of carbonyl (C=O) groups is 2. The molecule has 0 bridgehead atoms. The molecule has 1 N–H and O–H groups in total. The summed E-state index contributed by atoms with van der Waals surface area (Å²) in [7, 11) is 0. The second kappa shape index (κ2) is 6.56. The molecule has 142 valence electrons. The molecule has 1 aromatic heterocycles. The highest BCUT2D eigenvalue weighted by Gasteiger charge is 2.47. The summed E-state index contributed by atoms with van der Waals surface area (Å²) in [4.78, 5) is 39.5. The Morgan fingerprint density at radius 3 is 2.69 bits per heavy atom. The Labute approximate surface area is 164 Å². The molecular formula is C17H21BrClN3O4. The normalized spacial score (nSPS) is 22.8. The van der Waals surface area contributed by atoms with E-state index in [-0.39, 0.29) is 27.3 Å². The number of aromatic nitrogens is 1. The van der Waals surface area contributed by atoms with E-state index in [0.717, 1.165) is 12.8 Å². The quantitative estimate of drug-likeness (QED) is 0.664. The zero-order valence-electron chi connectivity index (χ0n) is 14.9. The fourth-order valence-corrected chi connectivity index (χ4v) is 4.28. The van der Waals surface area contributed by atoms with Crippen molar-refractivity contribution in [1.29, 1.82) is 0 Å². The van der Waals surface area contributed by atoms with Crippen LogP contribution in [0.25, 0.3) is 0 Å². The van der Waals surface area contributed by atoms with E-state index < -0.39 is 23.3 Å². The highest BCUT2D eigenvalue weighted by molar-refractivity contribution is 9.10.